The van der Waals surface area contributed by atoms with Gasteiger partial charge in [0.05, 0.1) is 5.41 Å². The van der Waals surface area contributed by atoms with E-state index in [0.29, 0.717) is 0 Å². The Balaban J connectivity index is 1.05. The summed E-state index contributed by atoms with van der Waals surface area (Å²) >= 11 is 1.86. The minimum Gasteiger partial charge on any atom is -0.456 e. The average Bonchev–Trinajstić information content (AvgIpc) is 3.97. The first-order valence-corrected chi connectivity index (χ1v) is 22.0. The molecule has 3 heteroatoms. The van der Waals surface area contributed by atoms with E-state index in [1.54, 1.807) is 0 Å². The normalized spacial score (nSPS) is 14.3. The molecule has 0 radical (unpaired) electrons. The first kappa shape index (κ1) is 34.6. The molecule has 0 bridgehead atoms. The van der Waals surface area contributed by atoms with Crippen molar-refractivity contribution in [3.8, 4) is 22.3 Å². The largest absolute Gasteiger partial charge is 0.456 e. The van der Waals surface area contributed by atoms with E-state index >= 15 is 0 Å². The van der Waals surface area contributed by atoms with Crippen molar-refractivity contribution in [3.63, 3.8) is 0 Å². The molecule has 0 unspecified atom stereocenters. The standard InChI is InChI=1S/C58H39NOS/c1-57(2)47-19-7-9-21-49(47)58(50-22-10-8-20-48(50)57)46-18-6-3-14-41(46)42-32-30-39(35-51(42)58)59(38-31-33-55-45(34-38)43-15-5-12-25-54(43)61-55)37-28-26-36(27-29-37)40-17-13-24-53-56(40)44-16-4-11-23-52(44)60-53/h3-35H,1-2H3. The van der Waals surface area contributed by atoms with Crippen LogP contribution in [0, 0.1) is 0 Å². The molecule has 0 fully saturated rings. The Hall–Kier alpha value is -7.20. The fourth-order valence-corrected chi connectivity index (χ4v) is 12.2. The lowest BCUT2D eigenvalue weighted by atomic mass is 9.55. The summed E-state index contributed by atoms with van der Waals surface area (Å²) in [6.45, 7) is 4.78. The van der Waals surface area contributed by atoms with Gasteiger partial charge in [-0.3, -0.25) is 0 Å². The second kappa shape index (κ2) is 12.7. The molecular weight excluding hydrogens is 759 g/mol. The van der Waals surface area contributed by atoms with E-state index in [9.17, 15) is 0 Å². The molecule has 9 aromatic carbocycles. The number of fused-ring (bicyclic) bond motifs is 15. The van der Waals surface area contributed by atoms with Gasteiger partial charge in [0.2, 0.25) is 0 Å². The fourth-order valence-electron chi connectivity index (χ4n) is 11.1. The van der Waals surface area contributed by atoms with Gasteiger partial charge < -0.3 is 9.32 Å². The maximum atomic E-state index is 6.31. The van der Waals surface area contributed by atoms with Crippen molar-refractivity contribution in [3.05, 3.63) is 234 Å². The molecule has 61 heavy (non-hydrogen) atoms. The van der Waals surface area contributed by atoms with Crippen molar-refractivity contribution < 1.29 is 4.42 Å². The first-order chi connectivity index (χ1) is 30.0. The molecule has 0 saturated carbocycles. The van der Waals surface area contributed by atoms with Crippen LogP contribution in [0.1, 0.15) is 47.2 Å². The van der Waals surface area contributed by atoms with Crippen LogP contribution in [-0.4, -0.2) is 0 Å². The summed E-state index contributed by atoms with van der Waals surface area (Å²) in [4.78, 5) is 2.46. The molecule has 0 amide bonds. The molecule has 11 aromatic rings. The summed E-state index contributed by atoms with van der Waals surface area (Å²) in [5.74, 6) is 0. The maximum Gasteiger partial charge on any atom is 0.136 e. The van der Waals surface area contributed by atoms with Gasteiger partial charge in [-0.05, 0) is 116 Å². The first-order valence-electron chi connectivity index (χ1n) is 21.2. The molecule has 0 aliphatic heterocycles. The van der Waals surface area contributed by atoms with E-state index < -0.39 is 5.41 Å². The Labute approximate surface area is 358 Å². The second-order valence-corrected chi connectivity index (χ2v) is 18.3. The highest BCUT2D eigenvalue weighted by Gasteiger charge is 2.53. The zero-order valence-corrected chi connectivity index (χ0v) is 34.6. The topological polar surface area (TPSA) is 16.4 Å². The van der Waals surface area contributed by atoms with E-state index in [-0.39, 0.29) is 5.41 Å². The number of hydrogen-bond donors (Lipinski definition) is 0. The Kier molecular flexibility index (Phi) is 7.19. The summed E-state index contributed by atoms with van der Waals surface area (Å²) in [5, 5.41) is 4.86. The minimum absolute atomic E-state index is 0.159. The quantitative estimate of drug-likeness (QED) is 0.176. The van der Waals surface area contributed by atoms with Gasteiger partial charge in [0.1, 0.15) is 11.2 Å². The number of rotatable bonds is 4. The average molecular weight is 798 g/mol. The van der Waals surface area contributed by atoms with Crippen LogP contribution in [0.5, 0.6) is 0 Å². The molecule has 288 valence electrons. The van der Waals surface area contributed by atoms with Crippen LogP contribution < -0.4 is 4.90 Å². The lowest BCUT2D eigenvalue weighted by molar-refractivity contribution is 0.563. The van der Waals surface area contributed by atoms with Crippen LogP contribution in [-0.2, 0) is 10.8 Å². The fraction of sp³-hybridized carbons (Fsp3) is 0.0690. The van der Waals surface area contributed by atoms with Gasteiger partial charge in [-0.25, -0.2) is 0 Å². The lowest BCUT2D eigenvalue weighted by Crippen LogP contribution is -2.40. The number of furan rings is 1. The molecule has 0 atom stereocenters. The summed E-state index contributed by atoms with van der Waals surface area (Å²) < 4.78 is 8.91. The molecule has 2 nitrogen and oxygen atoms in total. The van der Waals surface area contributed by atoms with Gasteiger partial charge in [0, 0.05) is 53.4 Å². The van der Waals surface area contributed by atoms with E-state index in [1.807, 2.05) is 17.4 Å². The molecule has 2 aromatic heterocycles. The molecule has 2 aliphatic rings. The predicted molar refractivity (Wildman–Crippen MR) is 256 cm³/mol. The van der Waals surface area contributed by atoms with Crippen molar-refractivity contribution in [2.24, 2.45) is 0 Å². The van der Waals surface area contributed by atoms with Gasteiger partial charge >= 0.3 is 0 Å². The third kappa shape index (κ3) is 4.73. The molecule has 0 saturated heterocycles. The van der Waals surface area contributed by atoms with Crippen LogP contribution in [0.15, 0.2) is 205 Å². The van der Waals surface area contributed by atoms with E-state index in [0.717, 1.165) is 44.6 Å². The SMILES string of the molecule is CC1(C)c2ccccc2C2(c3ccccc3-c3ccc(N(c4ccc(-c5cccc6oc7ccccc7c56)cc4)c4ccc5sc6ccccc6c5c4)cc32)c2ccccc21. The zero-order chi connectivity index (χ0) is 40.5. The van der Waals surface area contributed by atoms with E-state index in [2.05, 4.69) is 213 Å². The Bertz CT molecular complexity index is 3540. The number of para-hydroxylation sites is 1. The van der Waals surface area contributed by atoms with Crippen molar-refractivity contribution in [2.45, 2.75) is 24.7 Å². The van der Waals surface area contributed by atoms with Crippen LogP contribution in [0.3, 0.4) is 0 Å². The number of hydrogen-bond acceptors (Lipinski definition) is 3. The van der Waals surface area contributed by atoms with Crippen LogP contribution >= 0.6 is 11.3 Å². The summed E-state index contributed by atoms with van der Waals surface area (Å²) in [6, 6.07) is 74.4. The van der Waals surface area contributed by atoms with Gasteiger partial charge in [0.25, 0.3) is 0 Å². The van der Waals surface area contributed by atoms with Crippen molar-refractivity contribution in [1.29, 1.82) is 0 Å². The van der Waals surface area contributed by atoms with E-state index in [1.165, 1.54) is 70.2 Å². The number of nitrogens with zero attached hydrogens (tertiary/aromatic N) is 1. The van der Waals surface area contributed by atoms with Crippen molar-refractivity contribution >= 4 is 70.5 Å². The highest BCUT2D eigenvalue weighted by Crippen LogP contribution is 2.62. The molecule has 13 rings (SSSR count). The second-order valence-electron chi connectivity index (χ2n) is 17.2. The smallest absolute Gasteiger partial charge is 0.136 e. The Morgan fingerprint density at radius 2 is 0.951 bits per heavy atom. The predicted octanol–water partition coefficient (Wildman–Crippen LogP) is 16.1. The number of anilines is 3. The van der Waals surface area contributed by atoms with Gasteiger partial charge in [-0.2, -0.15) is 0 Å². The maximum absolute atomic E-state index is 6.31. The van der Waals surface area contributed by atoms with Crippen molar-refractivity contribution in [2.75, 3.05) is 4.90 Å². The summed E-state index contributed by atoms with van der Waals surface area (Å²) in [5.41, 5.74) is 17.6. The molecule has 1 spiro atoms. The zero-order valence-electron chi connectivity index (χ0n) is 33.8. The Morgan fingerprint density at radius 3 is 1.74 bits per heavy atom. The van der Waals surface area contributed by atoms with Crippen LogP contribution in [0.2, 0.25) is 0 Å². The van der Waals surface area contributed by atoms with Crippen molar-refractivity contribution in [1.82, 2.24) is 0 Å². The molecule has 2 heterocycles. The number of benzene rings is 9. The van der Waals surface area contributed by atoms with Gasteiger partial charge in [-0.15, -0.1) is 11.3 Å². The summed E-state index contributed by atoms with van der Waals surface area (Å²) in [7, 11) is 0. The minimum atomic E-state index is -0.486. The monoisotopic (exact) mass is 797 g/mol. The lowest BCUT2D eigenvalue weighted by Gasteiger charge is -2.46. The summed E-state index contributed by atoms with van der Waals surface area (Å²) in [6.07, 6.45) is 0. The third-order valence-electron chi connectivity index (χ3n) is 13.8. The number of thiophene rings is 1. The molecule has 2 aliphatic carbocycles. The Morgan fingerprint density at radius 1 is 0.393 bits per heavy atom. The molecular formula is C58H39NOS. The third-order valence-corrected chi connectivity index (χ3v) is 14.9. The van der Waals surface area contributed by atoms with Gasteiger partial charge in [0.15, 0.2) is 0 Å². The van der Waals surface area contributed by atoms with Crippen LogP contribution in [0.25, 0.3) is 64.4 Å². The van der Waals surface area contributed by atoms with E-state index in [4.69, 9.17) is 4.42 Å². The molecule has 0 N–H and O–H groups in total. The van der Waals surface area contributed by atoms with Crippen LogP contribution in [0.4, 0.5) is 17.1 Å². The van der Waals surface area contributed by atoms with Gasteiger partial charge in [-0.1, -0.05) is 153 Å². The highest BCUT2D eigenvalue weighted by molar-refractivity contribution is 7.25. The highest BCUT2D eigenvalue weighted by atomic mass is 32.1.